The second-order valence-corrected chi connectivity index (χ2v) is 5.21. The largest absolute Gasteiger partial charge is 0.496 e. The lowest BCUT2D eigenvalue weighted by Gasteiger charge is -2.10. The molecule has 0 saturated heterocycles. The van der Waals surface area contributed by atoms with Gasteiger partial charge in [0.15, 0.2) is 0 Å². The summed E-state index contributed by atoms with van der Waals surface area (Å²) in [4.78, 5) is 0. The van der Waals surface area contributed by atoms with Crippen LogP contribution in [0.1, 0.15) is 5.56 Å². The summed E-state index contributed by atoms with van der Waals surface area (Å²) in [5.74, 6) is 2.17. The number of ether oxygens (including phenoxy) is 3. The first kappa shape index (κ1) is 14.0. The molecule has 2 aromatic rings. The Labute approximate surface area is 126 Å². The highest BCUT2D eigenvalue weighted by atomic mass is 127. The highest BCUT2D eigenvalue weighted by molar-refractivity contribution is 14.1. The quantitative estimate of drug-likeness (QED) is 0.748. The Morgan fingerprint density at radius 2 is 1.37 bits per heavy atom. The third kappa shape index (κ3) is 4.02. The minimum absolute atomic E-state index is 0.521. The van der Waals surface area contributed by atoms with E-state index in [-0.39, 0.29) is 0 Å². The summed E-state index contributed by atoms with van der Waals surface area (Å²) in [6.07, 6.45) is 0. The first-order valence-electron chi connectivity index (χ1n) is 5.81. The molecule has 0 bridgehead atoms. The van der Waals surface area contributed by atoms with E-state index >= 15 is 0 Å². The second-order valence-electron chi connectivity index (χ2n) is 3.96. The standard InChI is InChI=1S/C15H15IO3/c1-17-13-7-14(18-2)9-15(8-13)19-10-11-3-5-12(16)6-4-11/h3-9H,10H2,1-2H3. The molecule has 3 nitrogen and oxygen atoms in total. The van der Waals surface area contributed by atoms with E-state index in [0.717, 1.165) is 22.8 Å². The zero-order chi connectivity index (χ0) is 13.7. The SMILES string of the molecule is COc1cc(OC)cc(OCc2ccc(I)cc2)c1. The lowest BCUT2D eigenvalue weighted by atomic mass is 10.2. The van der Waals surface area contributed by atoms with E-state index in [2.05, 4.69) is 46.9 Å². The molecule has 0 aliphatic rings. The monoisotopic (exact) mass is 370 g/mol. The van der Waals surface area contributed by atoms with Gasteiger partial charge < -0.3 is 14.2 Å². The van der Waals surface area contributed by atoms with E-state index in [1.54, 1.807) is 14.2 Å². The topological polar surface area (TPSA) is 27.7 Å². The van der Waals surface area contributed by atoms with E-state index < -0.39 is 0 Å². The number of methoxy groups -OCH3 is 2. The zero-order valence-electron chi connectivity index (χ0n) is 10.9. The highest BCUT2D eigenvalue weighted by Gasteiger charge is 2.03. The van der Waals surface area contributed by atoms with Crippen LogP contribution in [-0.4, -0.2) is 14.2 Å². The normalized spacial score (nSPS) is 10.1. The van der Waals surface area contributed by atoms with Crippen molar-refractivity contribution in [1.29, 1.82) is 0 Å². The van der Waals surface area contributed by atoms with Crippen LogP contribution in [0.15, 0.2) is 42.5 Å². The van der Waals surface area contributed by atoms with E-state index in [0.29, 0.717) is 6.61 Å². The van der Waals surface area contributed by atoms with Gasteiger partial charge in [-0.2, -0.15) is 0 Å². The third-order valence-corrected chi connectivity index (χ3v) is 3.36. The van der Waals surface area contributed by atoms with Gasteiger partial charge in [-0.15, -0.1) is 0 Å². The van der Waals surface area contributed by atoms with Crippen LogP contribution in [-0.2, 0) is 6.61 Å². The molecule has 100 valence electrons. The first-order chi connectivity index (χ1) is 9.21. The summed E-state index contributed by atoms with van der Waals surface area (Å²) in [5.41, 5.74) is 1.13. The van der Waals surface area contributed by atoms with Crippen molar-refractivity contribution in [2.24, 2.45) is 0 Å². The van der Waals surface area contributed by atoms with Gasteiger partial charge in [0, 0.05) is 21.8 Å². The van der Waals surface area contributed by atoms with Crippen molar-refractivity contribution in [3.05, 3.63) is 51.6 Å². The van der Waals surface area contributed by atoms with Crippen molar-refractivity contribution in [3.8, 4) is 17.2 Å². The second kappa shape index (κ2) is 6.65. The molecular weight excluding hydrogens is 355 g/mol. The van der Waals surface area contributed by atoms with E-state index in [9.17, 15) is 0 Å². The molecule has 0 unspecified atom stereocenters. The Kier molecular flexibility index (Phi) is 4.90. The van der Waals surface area contributed by atoms with Gasteiger partial charge in [0.1, 0.15) is 23.9 Å². The zero-order valence-corrected chi connectivity index (χ0v) is 13.0. The molecule has 0 aliphatic heterocycles. The summed E-state index contributed by atoms with van der Waals surface area (Å²) in [5, 5.41) is 0. The van der Waals surface area contributed by atoms with Crippen molar-refractivity contribution in [2.45, 2.75) is 6.61 Å². The van der Waals surface area contributed by atoms with Gasteiger partial charge >= 0.3 is 0 Å². The van der Waals surface area contributed by atoms with Gasteiger partial charge in [0.2, 0.25) is 0 Å². The third-order valence-electron chi connectivity index (χ3n) is 2.64. The van der Waals surface area contributed by atoms with Crippen molar-refractivity contribution in [2.75, 3.05) is 14.2 Å². The minimum atomic E-state index is 0.521. The van der Waals surface area contributed by atoms with E-state index in [1.807, 2.05) is 18.2 Å². The van der Waals surface area contributed by atoms with Crippen LogP contribution >= 0.6 is 22.6 Å². The molecule has 0 amide bonds. The molecule has 0 heterocycles. The summed E-state index contributed by atoms with van der Waals surface area (Å²) in [6, 6.07) is 13.7. The average molecular weight is 370 g/mol. The molecule has 0 aromatic heterocycles. The summed E-state index contributed by atoms with van der Waals surface area (Å²) in [7, 11) is 3.25. The molecular formula is C15H15IO3. The van der Waals surface area contributed by atoms with Crippen molar-refractivity contribution in [3.63, 3.8) is 0 Å². The Balaban J connectivity index is 2.08. The maximum Gasteiger partial charge on any atom is 0.127 e. The van der Waals surface area contributed by atoms with E-state index in [1.165, 1.54) is 3.57 Å². The van der Waals surface area contributed by atoms with Crippen LogP contribution < -0.4 is 14.2 Å². The van der Waals surface area contributed by atoms with Gasteiger partial charge in [-0.3, -0.25) is 0 Å². The molecule has 0 atom stereocenters. The fraction of sp³-hybridized carbons (Fsp3) is 0.200. The Bertz CT molecular complexity index is 515. The average Bonchev–Trinajstić information content (AvgIpc) is 2.46. The maximum atomic E-state index is 5.75. The summed E-state index contributed by atoms with van der Waals surface area (Å²) in [6.45, 7) is 0.521. The minimum Gasteiger partial charge on any atom is -0.496 e. The fourth-order valence-corrected chi connectivity index (χ4v) is 1.97. The number of rotatable bonds is 5. The number of hydrogen-bond donors (Lipinski definition) is 0. The Hall–Kier alpha value is -1.43. The lowest BCUT2D eigenvalue weighted by molar-refractivity contribution is 0.300. The number of hydrogen-bond acceptors (Lipinski definition) is 3. The van der Waals surface area contributed by atoms with Gasteiger partial charge in [0.25, 0.3) is 0 Å². The Morgan fingerprint density at radius 1 is 0.842 bits per heavy atom. The van der Waals surface area contributed by atoms with Crippen LogP contribution in [0.2, 0.25) is 0 Å². The van der Waals surface area contributed by atoms with Crippen molar-refractivity contribution < 1.29 is 14.2 Å². The molecule has 19 heavy (non-hydrogen) atoms. The maximum absolute atomic E-state index is 5.75. The van der Waals surface area contributed by atoms with Gasteiger partial charge in [-0.25, -0.2) is 0 Å². The first-order valence-corrected chi connectivity index (χ1v) is 6.89. The van der Waals surface area contributed by atoms with Crippen LogP contribution in [0.5, 0.6) is 17.2 Å². The van der Waals surface area contributed by atoms with Gasteiger partial charge in [-0.1, -0.05) is 12.1 Å². The molecule has 2 aromatic carbocycles. The van der Waals surface area contributed by atoms with E-state index in [4.69, 9.17) is 14.2 Å². The van der Waals surface area contributed by atoms with Crippen molar-refractivity contribution in [1.82, 2.24) is 0 Å². The summed E-state index contributed by atoms with van der Waals surface area (Å²) >= 11 is 2.28. The van der Waals surface area contributed by atoms with Gasteiger partial charge in [0.05, 0.1) is 14.2 Å². The Morgan fingerprint density at radius 3 is 1.89 bits per heavy atom. The molecule has 0 radical (unpaired) electrons. The number of benzene rings is 2. The summed E-state index contributed by atoms with van der Waals surface area (Å²) < 4.78 is 17.4. The number of halogens is 1. The predicted molar refractivity (Wildman–Crippen MR) is 83.0 cm³/mol. The molecule has 4 heteroatoms. The molecule has 0 fully saturated rings. The predicted octanol–water partition coefficient (Wildman–Crippen LogP) is 3.89. The van der Waals surface area contributed by atoms with Crippen LogP contribution in [0, 0.1) is 3.57 Å². The van der Waals surface area contributed by atoms with Gasteiger partial charge in [-0.05, 0) is 40.3 Å². The molecule has 0 aliphatic carbocycles. The smallest absolute Gasteiger partial charge is 0.127 e. The van der Waals surface area contributed by atoms with Crippen molar-refractivity contribution >= 4 is 22.6 Å². The molecule has 0 N–H and O–H groups in total. The van der Waals surface area contributed by atoms with Crippen LogP contribution in [0.3, 0.4) is 0 Å². The fourth-order valence-electron chi connectivity index (χ4n) is 1.61. The van der Waals surface area contributed by atoms with Crippen LogP contribution in [0.4, 0.5) is 0 Å². The lowest BCUT2D eigenvalue weighted by Crippen LogP contribution is -1.96. The molecule has 0 spiro atoms. The molecule has 0 saturated carbocycles. The molecule has 2 rings (SSSR count). The van der Waals surface area contributed by atoms with Crippen LogP contribution in [0.25, 0.3) is 0 Å². The highest BCUT2D eigenvalue weighted by Crippen LogP contribution is 2.27.